The maximum absolute atomic E-state index is 13.2. The second-order valence-electron chi connectivity index (χ2n) is 19.7. The Balaban J connectivity index is 4.62. The summed E-state index contributed by atoms with van der Waals surface area (Å²) in [4.78, 5) is 26.2. The van der Waals surface area contributed by atoms with Crippen LogP contribution in [0.5, 0.6) is 0 Å². The summed E-state index contributed by atoms with van der Waals surface area (Å²) in [6, 6.07) is -0.730. The van der Waals surface area contributed by atoms with E-state index in [1.165, 1.54) is 193 Å². The van der Waals surface area contributed by atoms with Gasteiger partial charge in [-0.3, -0.25) is 9.59 Å². The summed E-state index contributed by atoms with van der Waals surface area (Å²) in [6.45, 7) is 6.46. The second kappa shape index (κ2) is 53.8. The van der Waals surface area contributed by atoms with Crippen molar-refractivity contribution >= 4 is 11.9 Å². The molecule has 3 atom stereocenters. The largest absolute Gasteiger partial charge is 0.461 e. The number of unbranched alkanes of at least 4 members (excludes halogenated alkanes) is 33. The lowest BCUT2D eigenvalue weighted by molar-refractivity contribution is -0.150. The highest BCUT2D eigenvalue weighted by Gasteiger charge is 2.23. The van der Waals surface area contributed by atoms with Crippen LogP contribution in [-0.4, -0.2) is 46.9 Å². The number of carbonyl (C=O) groups is 2. The van der Waals surface area contributed by atoms with E-state index in [4.69, 9.17) is 4.74 Å². The molecule has 1 amide bonds. The lowest BCUT2D eigenvalue weighted by atomic mass is 10.0. The van der Waals surface area contributed by atoms with Crippen LogP contribution in [-0.2, 0) is 14.3 Å². The smallest absolute Gasteiger partial charge is 0.306 e. The van der Waals surface area contributed by atoms with Crippen LogP contribution >= 0.6 is 0 Å². The number of esters is 1. The summed E-state index contributed by atoms with van der Waals surface area (Å²) in [5.41, 5.74) is 0. The summed E-state index contributed by atoms with van der Waals surface area (Å²) in [5, 5.41) is 23.8. The molecule has 3 N–H and O–H groups in total. The molecule has 0 aliphatic carbocycles. The number of allylic oxidation sites excluding steroid dienone is 7. The molecule has 0 saturated heterocycles. The lowest BCUT2D eigenvalue weighted by Crippen LogP contribution is -2.46. The molecule has 0 aromatic carbocycles. The maximum atomic E-state index is 13.2. The van der Waals surface area contributed by atoms with E-state index >= 15 is 0 Å². The van der Waals surface area contributed by atoms with Gasteiger partial charge in [-0.15, -0.1) is 0 Å². The minimum absolute atomic E-state index is 0.00493. The Morgan fingerprint density at radius 3 is 1.21 bits per heavy atom. The van der Waals surface area contributed by atoms with Gasteiger partial charge < -0.3 is 20.3 Å². The average molecular weight is 927 g/mol. The average Bonchev–Trinajstić information content (AvgIpc) is 3.31. The summed E-state index contributed by atoms with van der Waals surface area (Å²) in [6.07, 6.45) is 66.2. The van der Waals surface area contributed by atoms with Gasteiger partial charge in [0.2, 0.25) is 5.91 Å². The molecule has 0 rings (SSSR count). The summed E-state index contributed by atoms with van der Waals surface area (Å²) >= 11 is 0. The molecular weight excluding hydrogens is 815 g/mol. The molecule has 0 aromatic heterocycles. The summed E-state index contributed by atoms with van der Waals surface area (Å²) in [5.74, 6) is -0.562. The van der Waals surface area contributed by atoms with Crippen molar-refractivity contribution in [3.63, 3.8) is 0 Å². The number of ether oxygens (including phenoxy) is 1. The van der Waals surface area contributed by atoms with Crippen molar-refractivity contribution in [1.29, 1.82) is 0 Å². The number of hydrogen-bond donors (Lipinski definition) is 3. The molecule has 6 heteroatoms. The Bertz CT molecular complexity index is 1130. The van der Waals surface area contributed by atoms with Crippen LogP contribution < -0.4 is 5.32 Å². The minimum atomic E-state index is -0.810. The van der Waals surface area contributed by atoms with Gasteiger partial charge in [-0.05, 0) is 44.9 Å². The first-order valence-corrected chi connectivity index (χ1v) is 28.9. The van der Waals surface area contributed by atoms with Gasteiger partial charge in [0.25, 0.3) is 0 Å². The highest BCUT2D eigenvalue weighted by molar-refractivity contribution is 5.77. The third-order valence-corrected chi connectivity index (χ3v) is 13.2. The number of aliphatic hydroxyl groups excluding tert-OH is 2. The fourth-order valence-electron chi connectivity index (χ4n) is 8.77. The molecule has 0 aromatic rings. The zero-order chi connectivity index (χ0) is 48.1. The van der Waals surface area contributed by atoms with Crippen molar-refractivity contribution in [1.82, 2.24) is 5.32 Å². The Kier molecular flexibility index (Phi) is 52.0. The third-order valence-electron chi connectivity index (χ3n) is 13.2. The summed E-state index contributed by atoms with van der Waals surface area (Å²) < 4.78 is 5.90. The monoisotopic (exact) mass is 926 g/mol. The molecule has 0 fully saturated rings. The maximum Gasteiger partial charge on any atom is 0.306 e. The molecule has 0 heterocycles. The van der Waals surface area contributed by atoms with Crippen LogP contribution in [0.2, 0.25) is 0 Å². The van der Waals surface area contributed by atoms with Crippen LogP contribution in [0.15, 0.2) is 48.6 Å². The van der Waals surface area contributed by atoms with Gasteiger partial charge in [0.15, 0.2) is 0 Å². The van der Waals surface area contributed by atoms with Gasteiger partial charge >= 0.3 is 5.97 Å². The number of carbonyl (C=O) groups excluding carboxylic acids is 2. The number of rotatable bonds is 52. The Morgan fingerprint density at radius 1 is 0.455 bits per heavy atom. The highest BCUT2D eigenvalue weighted by atomic mass is 16.5. The van der Waals surface area contributed by atoms with Crippen LogP contribution in [0.4, 0.5) is 0 Å². The molecule has 0 bridgehead atoms. The molecule has 0 radical (unpaired) electrons. The Morgan fingerprint density at radius 2 is 0.803 bits per heavy atom. The minimum Gasteiger partial charge on any atom is -0.461 e. The molecular formula is C60H111NO5. The van der Waals surface area contributed by atoms with Crippen LogP contribution in [0.25, 0.3) is 0 Å². The summed E-state index contributed by atoms with van der Waals surface area (Å²) in [7, 11) is 0. The van der Waals surface area contributed by atoms with Crippen LogP contribution in [0, 0.1) is 0 Å². The van der Waals surface area contributed by atoms with Crippen molar-refractivity contribution in [3.8, 4) is 0 Å². The first-order chi connectivity index (χ1) is 32.5. The second-order valence-corrected chi connectivity index (χ2v) is 19.7. The lowest BCUT2D eigenvalue weighted by Gasteiger charge is -2.24. The van der Waals surface area contributed by atoms with E-state index in [-0.39, 0.29) is 24.9 Å². The fourth-order valence-corrected chi connectivity index (χ4v) is 8.77. The van der Waals surface area contributed by atoms with Crippen molar-refractivity contribution in [2.24, 2.45) is 0 Å². The van der Waals surface area contributed by atoms with E-state index in [2.05, 4.69) is 68.6 Å². The molecule has 0 spiro atoms. The number of amides is 1. The van der Waals surface area contributed by atoms with Crippen molar-refractivity contribution in [2.75, 3.05) is 6.61 Å². The van der Waals surface area contributed by atoms with Gasteiger partial charge in [-0.2, -0.15) is 0 Å². The first-order valence-electron chi connectivity index (χ1n) is 28.9. The van der Waals surface area contributed by atoms with Gasteiger partial charge in [-0.1, -0.05) is 281 Å². The van der Waals surface area contributed by atoms with Crippen molar-refractivity contribution < 1.29 is 24.5 Å². The predicted octanol–water partition coefficient (Wildman–Crippen LogP) is 17.8. The zero-order valence-corrected chi connectivity index (χ0v) is 44.1. The number of nitrogens with one attached hydrogen (secondary N) is 1. The van der Waals surface area contributed by atoms with Crippen molar-refractivity contribution in [3.05, 3.63) is 48.6 Å². The van der Waals surface area contributed by atoms with Crippen molar-refractivity contribution in [2.45, 2.75) is 315 Å². The quantitative estimate of drug-likeness (QED) is 0.0321. The SMILES string of the molecule is CCCCC/C=C\C/C=C\C/C=C\C/C=C\CC(CC(=O)NC(CO)C(O)CCCCCCCCCCCCCCCC)OC(=O)CCCCCCCCCCCCCCCCCCCC. The van der Waals surface area contributed by atoms with E-state index in [1.54, 1.807) is 0 Å². The standard InChI is InChI=1S/C60H111NO5/c1-4-7-10-13-16-19-22-25-28-29-30-32-35-38-41-44-47-50-53-60(65)66-56(51-48-45-42-39-36-33-31-26-23-20-17-14-11-8-5-2)54-59(64)61-57(55-62)58(63)52-49-46-43-40-37-34-27-24-21-18-15-12-9-6-3/h17,20,26,31,36,39,45,48,56-58,62-63H,4-16,18-19,21-25,27-30,32-35,37-38,40-44,46-47,49-55H2,1-3H3,(H,61,64)/b20-17-,31-26-,39-36-,48-45-. The molecule has 66 heavy (non-hydrogen) atoms. The molecule has 0 aliphatic rings. The van der Waals surface area contributed by atoms with Gasteiger partial charge in [0.1, 0.15) is 6.10 Å². The molecule has 0 aliphatic heterocycles. The van der Waals surface area contributed by atoms with E-state index < -0.39 is 18.2 Å². The molecule has 6 nitrogen and oxygen atoms in total. The first kappa shape index (κ1) is 63.8. The normalized spacial score (nSPS) is 13.5. The Labute approximate surface area is 410 Å². The highest BCUT2D eigenvalue weighted by Crippen LogP contribution is 2.18. The van der Waals surface area contributed by atoms with Gasteiger partial charge in [-0.25, -0.2) is 0 Å². The third kappa shape index (κ3) is 48.3. The zero-order valence-electron chi connectivity index (χ0n) is 44.1. The predicted molar refractivity (Wildman–Crippen MR) is 287 cm³/mol. The van der Waals surface area contributed by atoms with E-state index in [1.807, 2.05) is 6.08 Å². The number of aliphatic hydroxyl groups is 2. The van der Waals surface area contributed by atoms with E-state index in [0.29, 0.717) is 19.3 Å². The molecule has 0 saturated carbocycles. The van der Waals surface area contributed by atoms with Crippen LogP contribution in [0.1, 0.15) is 297 Å². The van der Waals surface area contributed by atoms with E-state index in [0.717, 1.165) is 57.8 Å². The van der Waals surface area contributed by atoms with Gasteiger partial charge in [0.05, 0.1) is 25.2 Å². The molecule has 386 valence electrons. The topological polar surface area (TPSA) is 95.9 Å². The Hall–Kier alpha value is -2.18. The van der Waals surface area contributed by atoms with Crippen LogP contribution in [0.3, 0.4) is 0 Å². The van der Waals surface area contributed by atoms with E-state index in [9.17, 15) is 19.8 Å². The fraction of sp³-hybridized carbons (Fsp3) is 0.833. The van der Waals surface area contributed by atoms with Gasteiger partial charge in [0, 0.05) is 12.8 Å². The molecule has 3 unspecified atom stereocenters. The number of hydrogen-bond acceptors (Lipinski definition) is 5.